The van der Waals surface area contributed by atoms with Crippen LogP contribution >= 0.6 is 0 Å². The molecule has 1 saturated carbocycles. The number of rotatable bonds is 6. The lowest BCUT2D eigenvalue weighted by molar-refractivity contribution is 0.116. The van der Waals surface area contributed by atoms with Gasteiger partial charge in [0.05, 0.1) is 43.2 Å². The molecule has 2 atom stereocenters. The van der Waals surface area contributed by atoms with E-state index in [-0.39, 0.29) is 24.0 Å². The van der Waals surface area contributed by atoms with Crippen molar-refractivity contribution in [1.82, 2.24) is 5.01 Å². The molecule has 0 N–H and O–H groups in total. The average molecular weight is 464 g/mol. The molecule has 176 valence electrons. The summed E-state index contributed by atoms with van der Waals surface area (Å²) < 4.78 is 34.8. The van der Waals surface area contributed by atoms with Gasteiger partial charge in [-0.3, -0.25) is 9.91 Å². The number of hydrazone groups is 1. The first-order valence-electron chi connectivity index (χ1n) is 11.3. The number of sulfone groups is 1. The molecule has 1 aromatic rings. The van der Waals surface area contributed by atoms with E-state index in [9.17, 15) is 13.2 Å². The second-order valence-electron chi connectivity index (χ2n) is 9.52. The van der Waals surface area contributed by atoms with E-state index in [2.05, 4.69) is 12.0 Å². The van der Waals surface area contributed by atoms with Gasteiger partial charge in [-0.05, 0) is 52.0 Å². The van der Waals surface area contributed by atoms with Crippen molar-refractivity contribution in [3.63, 3.8) is 0 Å². The molecule has 1 aliphatic carbocycles. The van der Waals surface area contributed by atoms with E-state index in [0.29, 0.717) is 13.1 Å². The fourth-order valence-corrected chi connectivity index (χ4v) is 5.20. The van der Waals surface area contributed by atoms with E-state index in [0.717, 1.165) is 48.2 Å². The standard InChI is InChI=1S/C23H33N3O5S/c1-16-8-9-18-20(26(16)22(27)30-3)11-10-19(21(18)31-17-6-5-7-17)23(2)14-24-25(15-23)12-13-32(4,28)29/h10-11,14,16-17H,5-9,12-13,15H2,1-4H3/t16-,23?/m0/s1. The number of amides is 1. The first kappa shape index (κ1) is 22.9. The van der Waals surface area contributed by atoms with E-state index in [4.69, 9.17) is 9.47 Å². The van der Waals surface area contributed by atoms with Crippen molar-refractivity contribution < 1.29 is 22.7 Å². The third-order valence-corrected chi connectivity index (χ3v) is 7.73. The molecule has 32 heavy (non-hydrogen) atoms. The van der Waals surface area contributed by atoms with Gasteiger partial charge in [-0.25, -0.2) is 13.2 Å². The van der Waals surface area contributed by atoms with Gasteiger partial charge in [-0.2, -0.15) is 5.10 Å². The van der Waals surface area contributed by atoms with Gasteiger partial charge in [0.2, 0.25) is 0 Å². The number of benzene rings is 1. The van der Waals surface area contributed by atoms with Crippen LogP contribution in [-0.4, -0.2) is 70.1 Å². The zero-order valence-corrected chi connectivity index (χ0v) is 20.2. The highest BCUT2D eigenvalue weighted by Gasteiger charge is 2.39. The Hall–Kier alpha value is -2.29. The lowest BCUT2D eigenvalue weighted by Crippen LogP contribution is -2.43. The van der Waals surface area contributed by atoms with E-state index in [1.807, 2.05) is 30.3 Å². The van der Waals surface area contributed by atoms with Crippen molar-refractivity contribution in [3.05, 3.63) is 23.3 Å². The van der Waals surface area contributed by atoms with Gasteiger partial charge in [-0.15, -0.1) is 0 Å². The zero-order valence-electron chi connectivity index (χ0n) is 19.3. The number of nitrogens with zero attached hydrogens (tertiary/aromatic N) is 3. The predicted octanol–water partition coefficient (Wildman–Crippen LogP) is 3.13. The topological polar surface area (TPSA) is 88.5 Å². The molecule has 3 aliphatic rings. The Morgan fingerprint density at radius 1 is 1.28 bits per heavy atom. The molecular weight excluding hydrogens is 430 g/mol. The predicted molar refractivity (Wildman–Crippen MR) is 125 cm³/mol. The number of carbonyl (C=O) groups is 1. The Kier molecular flexibility index (Phi) is 6.13. The van der Waals surface area contributed by atoms with Crippen LogP contribution in [0.5, 0.6) is 5.75 Å². The molecule has 9 heteroatoms. The molecule has 8 nitrogen and oxygen atoms in total. The Morgan fingerprint density at radius 3 is 2.66 bits per heavy atom. The third-order valence-electron chi connectivity index (χ3n) is 6.81. The maximum Gasteiger partial charge on any atom is 0.414 e. The van der Waals surface area contributed by atoms with Crippen LogP contribution in [0.4, 0.5) is 10.5 Å². The lowest BCUT2D eigenvalue weighted by Gasteiger charge is -2.38. The van der Waals surface area contributed by atoms with Crippen LogP contribution in [0.3, 0.4) is 0 Å². The largest absolute Gasteiger partial charge is 0.490 e. The molecule has 1 amide bonds. The summed E-state index contributed by atoms with van der Waals surface area (Å²) in [6.45, 7) is 5.09. The van der Waals surface area contributed by atoms with Gasteiger partial charge in [0.1, 0.15) is 15.6 Å². The highest BCUT2D eigenvalue weighted by atomic mass is 32.2. The third kappa shape index (κ3) is 4.44. The number of carbonyl (C=O) groups excluding carboxylic acids is 1. The van der Waals surface area contributed by atoms with Crippen molar-refractivity contribution in [2.45, 2.75) is 63.5 Å². The van der Waals surface area contributed by atoms with Gasteiger partial charge in [0.25, 0.3) is 0 Å². The Morgan fingerprint density at radius 2 is 2.03 bits per heavy atom. The molecule has 1 aromatic carbocycles. The summed E-state index contributed by atoms with van der Waals surface area (Å²) in [6.07, 6.45) is 7.86. The summed E-state index contributed by atoms with van der Waals surface area (Å²) in [7, 11) is -1.65. The van der Waals surface area contributed by atoms with Gasteiger partial charge < -0.3 is 9.47 Å². The van der Waals surface area contributed by atoms with E-state index in [1.54, 1.807) is 4.90 Å². The zero-order chi connectivity index (χ0) is 23.1. The van der Waals surface area contributed by atoms with Crippen LogP contribution in [0, 0.1) is 0 Å². The van der Waals surface area contributed by atoms with Crippen LogP contribution in [0.1, 0.15) is 50.7 Å². The Bertz CT molecular complexity index is 1020. The molecular formula is C23H33N3O5S. The monoisotopic (exact) mass is 463 g/mol. The average Bonchev–Trinajstić information content (AvgIpc) is 3.09. The molecule has 1 fully saturated rings. The normalized spacial score (nSPS) is 25.4. The smallest absolute Gasteiger partial charge is 0.414 e. The SMILES string of the molecule is COC(=O)N1c2ccc(C3(C)C=NN(CCS(C)(=O)=O)C3)c(OC3CCC3)c2CC[C@@H]1C. The number of fused-ring (bicyclic) bond motifs is 1. The van der Waals surface area contributed by atoms with E-state index in [1.165, 1.54) is 19.8 Å². The maximum atomic E-state index is 12.5. The van der Waals surface area contributed by atoms with Gasteiger partial charge >= 0.3 is 6.09 Å². The Labute approximate surface area is 190 Å². The highest BCUT2D eigenvalue weighted by Crippen LogP contribution is 2.45. The van der Waals surface area contributed by atoms with Crippen LogP contribution in [-0.2, 0) is 26.4 Å². The number of hydrogen-bond acceptors (Lipinski definition) is 7. The summed E-state index contributed by atoms with van der Waals surface area (Å²) in [5.74, 6) is 0.925. The quantitative estimate of drug-likeness (QED) is 0.644. The van der Waals surface area contributed by atoms with E-state index >= 15 is 0 Å². The number of methoxy groups -OCH3 is 1. The number of ether oxygens (including phenoxy) is 2. The molecule has 0 saturated heterocycles. The van der Waals surface area contributed by atoms with Crippen molar-refractivity contribution >= 4 is 27.8 Å². The van der Waals surface area contributed by atoms with E-state index < -0.39 is 15.3 Å². The minimum atomic E-state index is -3.06. The van der Waals surface area contributed by atoms with Crippen molar-refractivity contribution in [1.29, 1.82) is 0 Å². The van der Waals surface area contributed by atoms with Crippen molar-refractivity contribution in [2.24, 2.45) is 5.10 Å². The summed E-state index contributed by atoms with van der Waals surface area (Å²) in [5, 5.41) is 6.32. The maximum absolute atomic E-state index is 12.5. The summed E-state index contributed by atoms with van der Waals surface area (Å²) >= 11 is 0. The van der Waals surface area contributed by atoms with Crippen molar-refractivity contribution in [2.75, 3.05) is 37.1 Å². The first-order chi connectivity index (χ1) is 15.1. The summed E-state index contributed by atoms with van der Waals surface area (Å²) in [5.41, 5.74) is 2.52. The summed E-state index contributed by atoms with van der Waals surface area (Å²) in [6, 6.07) is 4.07. The van der Waals surface area contributed by atoms with Crippen molar-refractivity contribution in [3.8, 4) is 5.75 Å². The second-order valence-corrected chi connectivity index (χ2v) is 11.8. The van der Waals surface area contributed by atoms with Crippen LogP contribution in [0.25, 0.3) is 0 Å². The van der Waals surface area contributed by atoms with Gasteiger partial charge in [0, 0.05) is 29.6 Å². The number of hydrogen-bond donors (Lipinski definition) is 0. The second kappa shape index (κ2) is 8.57. The highest BCUT2D eigenvalue weighted by molar-refractivity contribution is 7.90. The fourth-order valence-electron chi connectivity index (χ4n) is 4.65. The molecule has 2 heterocycles. The minimum absolute atomic E-state index is 0.0486. The lowest BCUT2D eigenvalue weighted by atomic mass is 9.80. The molecule has 1 unspecified atom stereocenters. The van der Waals surface area contributed by atoms with Crippen LogP contribution < -0.4 is 9.64 Å². The molecule has 0 spiro atoms. The molecule has 0 bridgehead atoms. The van der Waals surface area contributed by atoms with Crippen LogP contribution in [0.2, 0.25) is 0 Å². The molecule has 0 radical (unpaired) electrons. The molecule has 0 aromatic heterocycles. The fraction of sp³-hybridized carbons (Fsp3) is 0.652. The van der Waals surface area contributed by atoms with Gasteiger partial charge in [0.15, 0.2) is 0 Å². The first-order valence-corrected chi connectivity index (χ1v) is 13.4. The molecule has 4 rings (SSSR count). The minimum Gasteiger partial charge on any atom is -0.490 e. The molecule has 2 aliphatic heterocycles. The van der Waals surface area contributed by atoms with Crippen LogP contribution in [0.15, 0.2) is 17.2 Å². The van der Waals surface area contributed by atoms with Gasteiger partial charge in [-0.1, -0.05) is 6.07 Å². The Balaban J connectivity index is 1.70. The summed E-state index contributed by atoms with van der Waals surface area (Å²) in [4.78, 5) is 14.2. The number of anilines is 1.